The maximum Gasteiger partial charge on any atom is 0.254 e. The van der Waals surface area contributed by atoms with Crippen LogP contribution in [0.3, 0.4) is 0 Å². The zero-order valence-corrected chi connectivity index (χ0v) is 9.22. The number of halogens is 2. The van der Waals surface area contributed by atoms with Crippen LogP contribution in [0.4, 0.5) is 14.6 Å². The Kier molecular flexibility index (Phi) is 2.20. The third-order valence-corrected chi connectivity index (χ3v) is 2.87. The van der Waals surface area contributed by atoms with Gasteiger partial charge in [-0.25, -0.2) is 13.8 Å². The number of aromatic nitrogens is 4. The van der Waals surface area contributed by atoms with E-state index in [4.69, 9.17) is 0 Å². The molecule has 0 bridgehead atoms. The molecule has 90 valence electrons. The molecule has 3 heterocycles. The molecular weight excluding hydrogens is 228 g/mol. The SMILES string of the molecule is Cc1cc(N2C[C@@H](F)[C@@H](F)C2)n2ncnc2n1. The molecule has 7 heteroatoms. The number of hydrogen-bond acceptors (Lipinski definition) is 4. The maximum absolute atomic E-state index is 13.2. The molecule has 1 aliphatic rings. The summed E-state index contributed by atoms with van der Waals surface area (Å²) in [6.07, 6.45) is -1.51. The Balaban J connectivity index is 2.08. The van der Waals surface area contributed by atoms with Crippen molar-refractivity contribution in [3.63, 3.8) is 0 Å². The number of aryl methyl sites for hydroxylation is 1. The molecule has 2 aromatic heterocycles. The number of nitrogens with zero attached hydrogens (tertiary/aromatic N) is 5. The fraction of sp³-hybridized carbons (Fsp3) is 0.500. The van der Waals surface area contributed by atoms with Crippen LogP contribution < -0.4 is 4.90 Å². The van der Waals surface area contributed by atoms with Gasteiger partial charge in [-0.15, -0.1) is 0 Å². The fourth-order valence-corrected chi connectivity index (χ4v) is 2.05. The fourth-order valence-electron chi connectivity index (χ4n) is 2.05. The van der Waals surface area contributed by atoms with Crippen molar-refractivity contribution in [2.45, 2.75) is 19.3 Å². The average Bonchev–Trinajstić information content (AvgIpc) is 2.85. The number of rotatable bonds is 1. The van der Waals surface area contributed by atoms with Gasteiger partial charge in [-0.1, -0.05) is 0 Å². The minimum atomic E-state index is -1.44. The molecular formula is C10H11F2N5. The Morgan fingerprint density at radius 1 is 1.29 bits per heavy atom. The molecule has 0 saturated carbocycles. The van der Waals surface area contributed by atoms with E-state index in [2.05, 4.69) is 15.1 Å². The summed E-state index contributed by atoms with van der Waals surface area (Å²) in [7, 11) is 0. The van der Waals surface area contributed by atoms with Gasteiger partial charge in [0.15, 0.2) is 12.3 Å². The summed E-state index contributed by atoms with van der Waals surface area (Å²) in [6.45, 7) is 1.90. The van der Waals surface area contributed by atoms with Crippen molar-refractivity contribution in [1.29, 1.82) is 0 Å². The van der Waals surface area contributed by atoms with Crippen molar-refractivity contribution in [2.75, 3.05) is 18.0 Å². The zero-order valence-electron chi connectivity index (χ0n) is 9.22. The van der Waals surface area contributed by atoms with E-state index in [9.17, 15) is 8.78 Å². The Labute approximate surface area is 96.1 Å². The third-order valence-electron chi connectivity index (χ3n) is 2.87. The van der Waals surface area contributed by atoms with Crippen LogP contribution in [0.15, 0.2) is 12.4 Å². The van der Waals surface area contributed by atoms with E-state index in [1.165, 1.54) is 10.8 Å². The smallest absolute Gasteiger partial charge is 0.254 e. The topological polar surface area (TPSA) is 46.3 Å². The zero-order chi connectivity index (χ0) is 12.0. The van der Waals surface area contributed by atoms with Gasteiger partial charge in [0, 0.05) is 11.8 Å². The highest BCUT2D eigenvalue weighted by Gasteiger charge is 2.34. The van der Waals surface area contributed by atoms with Crippen molar-refractivity contribution < 1.29 is 8.78 Å². The van der Waals surface area contributed by atoms with E-state index in [1.807, 2.05) is 6.92 Å². The summed E-state index contributed by atoms with van der Waals surface area (Å²) in [5.41, 5.74) is 0.748. The van der Waals surface area contributed by atoms with Crippen molar-refractivity contribution in [3.8, 4) is 0 Å². The summed E-state index contributed by atoms with van der Waals surface area (Å²) in [5, 5.41) is 4.01. The number of hydrogen-bond donors (Lipinski definition) is 0. The first kappa shape index (κ1) is 10.4. The molecule has 2 atom stereocenters. The first-order chi connectivity index (χ1) is 8.15. The van der Waals surface area contributed by atoms with Crippen LogP contribution in [0, 0.1) is 6.92 Å². The molecule has 3 rings (SSSR count). The highest BCUT2D eigenvalue weighted by molar-refractivity contribution is 5.48. The summed E-state index contributed by atoms with van der Waals surface area (Å²) < 4.78 is 27.9. The van der Waals surface area contributed by atoms with Gasteiger partial charge in [-0.05, 0) is 6.92 Å². The van der Waals surface area contributed by atoms with Gasteiger partial charge in [-0.2, -0.15) is 14.6 Å². The second-order valence-electron chi connectivity index (χ2n) is 4.16. The minimum Gasteiger partial charge on any atom is -0.350 e. The van der Waals surface area contributed by atoms with Gasteiger partial charge in [0.25, 0.3) is 5.78 Å². The molecule has 0 aromatic carbocycles. The Hall–Kier alpha value is -1.79. The predicted octanol–water partition coefficient (Wildman–Crippen LogP) is 0.929. The molecule has 0 spiro atoms. The van der Waals surface area contributed by atoms with Crippen molar-refractivity contribution >= 4 is 11.6 Å². The molecule has 1 saturated heterocycles. The van der Waals surface area contributed by atoms with Crippen LogP contribution in [0.25, 0.3) is 5.78 Å². The van der Waals surface area contributed by atoms with E-state index in [0.717, 1.165) is 5.69 Å². The number of anilines is 1. The van der Waals surface area contributed by atoms with E-state index >= 15 is 0 Å². The lowest BCUT2D eigenvalue weighted by molar-refractivity contribution is 0.217. The summed E-state index contributed by atoms with van der Waals surface area (Å²) in [4.78, 5) is 9.79. The summed E-state index contributed by atoms with van der Waals surface area (Å²) >= 11 is 0. The normalized spacial score (nSPS) is 24.8. The highest BCUT2D eigenvalue weighted by Crippen LogP contribution is 2.24. The van der Waals surface area contributed by atoms with Crippen molar-refractivity contribution in [3.05, 3.63) is 18.1 Å². The molecule has 1 aliphatic heterocycles. The molecule has 0 N–H and O–H groups in total. The minimum absolute atomic E-state index is 0.0413. The van der Waals surface area contributed by atoms with Crippen molar-refractivity contribution in [1.82, 2.24) is 19.6 Å². The Morgan fingerprint density at radius 2 is 2.00 bits per heavy atom. The van der Waals surface area contributed by atoms with Gasteiger partial charge in [0.2, 0.25) is 0 Å². The van der Waals surface area contributed by atoms with E-state index in [0.29, 0.717) is 11.6 Å². The monoisotopic (exact) mass is 239 g/mol. The van der Waals surface area contributed by atoms with E-state index < -0.39 is 12.3 Å². The van der Waals surface area contributed by atoms with Crippen molar-refractivity contribution in [2.24, 2.45) is 0 Å². The molecule has 0 unspecified atom stereocenters. The lowest BCUT2D eigenvalue weighted by Gasteiger charge is -2.17. The molecule has 0 amide bonds. The van der Waals surface area contributed by atoms with Gasteiger partial charge in [-0.3, -0.25) is 0 Å². The largest absolute Gasteiger partial charge is 0.350 e. The Bertz CT molecular complexity index is 545. The van der Waals surface area contributed by atoms with E-state index in [-0.39, 0.29) is 13.1 Å². The second kappa shape index (κ2) is 3.61. The van der Waals surface area contributed by atoms with Crippen LogP contribution in [0.2, 0.25) is 0 Å². The third kappa shape index (κ3) is 1.62. The molecule has 1 fully saturated rings. The van der Waals surface area contributed by atoms with Gasteiger partial charge >= 0.3 is 0 Å². The van der Waals surface area contributed by atoms with Gasteiger partial charge in [0.05, 0.1) is 13.1 Å². The molecule has 5 nitrogen and oxygen atoms in total. The van der Waals surface area contributed by atoms with Crippen LogP contribution in [0.1, 0.15) is 5.69 Å². The van der Waals surface area contributed by atoms with Gasteiger partial charge in [0.1, 0.15) is 12.1 Å². The summed E-state index contributed by atoms with van der Waals surface area (Å²) in [6, 6.07) is 1.76. The standard InChI is InChI=1S/C10H11F2N5/c1-6-2-9(16-3-7(11)8(12)4-16)17-10(15-6)13-5-14-17/h2,5,7-8H,3-4H2,1H3/t7-,8+. The van der Waals surface area contributed by atoms with Crippen LogP contribution >= 0.6 is 0 Å². The highest BCUT2D eigenvalue weighted by atomic mass is 19.2. The van der Waals surface area contributed by atoms with Gasteiger partial charge < -0.3 is 4.90 Å². The molecule has 0 radical (unpaired) electrons. The summed E-state index contributed by atoms with van der Waals surface area (Å²) in [5.74, 6) is 1.07. The lowest BCUT2D eigenvalue weighted by Crippen LogP contribution is -2.23. The Morgan fingerprint density at radius 3 is 2.71 bits per heavy atom. The van der Waals surface area contributed by atoms with Crippen LogP contribution in [-0.2, 0) is 0 Å². The predicted molar refractivity (Wildman–Crippen MR) is 57.5 cm³/mol. The first-order valence-corrected chi connectivity index (χ1v) is 5.35. The average molecular weight is 239 g/mol. The van der Waals surface area contributed by atoms with E-state index in [1.54, 1.807) is 11.0 Å². The molecule has 0 aliphatic carbocycles. The number of alkyl halides is 2. The molecule has 2 aromatic rings. The quantitative estimate of drug-likeness (QED) is 0.742. The van der Waals surface area contributed by atoms with Crippen LogP contribution in [0.5, 0.6) is 0 Å². The maximum atomic E-state index is 13.2. The lowest BCUT2D eigenvalue weighted by atomic mass is 10.3. The number of fused-ring (bicyclic) bond motifs is 1. The second-order valence-corrected chi connectivity index (χ2v) is 4.16. The molecule has 17 heavy (non-hydrogen) atoms. The van der Waals surface area contributed by atoms with Crippen LogP contribution in [-0.4, -0.2) is 45.0 Å². The first-order valence-electron chi connectivity index (χ1n) is 5.35.